The highest BCUT2D eigenvalue weighted by molar-refractivity contribution is 7.89. The number of nitrogens with one attached hydrogen (secondary N) is 1. The van der Waals surface area contributed by atoms with E-state index in [2.05, 4.69) is 12.2 Å². The summed E-state index contributed by atoms with van der Waals surface area (Å²) in [6.07, 6.45) is 6.03. The second-order valence-electron chi connectivity index (χ2n) is 5.50. The molecule has 2 rings (SSSR count). The molecule has 0 aromatic heterocycles. The van der Waals surface area contributed by atoms with Crippen LogP contribution in [-0.4, -0.2) is 14.5 Å². The summed E-state index contributed by atoms with van der Waals surface area (Å²) in [7, 11) is -3.70. The van der Waals surface area contributed by atoms with Crippen LogP contribution in [0.3, 0.4) is 0 Å². The van der Waals surface area contributed by atoms with Crippen molar-refractivity contribution in [1.29, 1.82) is 0 Å². The molecule has 0 bridgehead atoms. The first-order valence-corrected chi connectivity index (χ1v) is 8.65. The summed E-state index contributed by atoms with van der Waals surface area (Å²) < 4.78 is 22.6. The molecule has 5 nitrogen and oxygen atoms in total. The smallest absolute Gasteiger partial charge is 0.238 e. The first-order chi connectivity index (χ1) is 9.41. The van der Waals surface area contributed by atoms with Gasteiger partial charge in [-0.3, -0.25) is 0 Å². The van der Waals surface area contributed by atoms with Crippen molar-refractivity contribution in [3.05, 3.63) is 18.2 Å². The number of anilines is 2. The van der Waals surface area contributed by atoms with Gasteiger partial charge >= 0.3 is 0 Å². The van der Waals surface area contributed by atoms with Crippen molar-refractivity contribution in [2.75, 3.05) is 11.1 Å². The minimum atomic E-state index is -3.70. The number of rotatable bonds is 4. The van der Waals surface area contributed by atoms with Crippen LogP contribution in [0, 0.1) is 5.92 Å². The molecule has 1 fully saturated rings. The topological polar surface area (TPSA) is 98.2 Å². The SMILES string of the molecule is CCC1CCCCC1Nc1ccc(S(N)(=O)=O)cc1N. The van der Waals surface area contributed by atoms with Crippen molar-refractivity contribution >= 4 is 21.4 Å². The normalized spacial score (nSPS) is 23.5. The third-order valence-electron chi connectivity index (χ3n) is 4.13. The quantitative estimate of drug-likeness (QED) is 0.743. The highest BCUT2D eigenvalue weighted by Gasteiger charge is 2.24. The fourth-order valence-corrected chi connectivity index (χ4v) is 3.48. The predicted octanol–water partition coefficient (Wildman–Crippen LogP) is 2.30. The van der Waals surface area contributed by atoms with E-state index in [0.29, 0.717) is 17.6 Å². The van der Waals surface area contributed by atoms with E-state index in [-0.39, 0.29) is 4.90 Å². The second kappa shape index (κ2) is 6.01. The van der Waals surface area contributed by atoms with Gasteiger partial charge in [0, 0.05) is 6.04 Å². The van der Waals surface area contributed by atoms with E-state index < -0.39 is 10.0 Å². The lowest BCUT2D eigenvalue weighted by Gasteiger charge is -2.32. The zero-order chi connectivity index (χ0) is 14.8. The fraction of sp³-hybridized carbons (Fsp3) is 0.571. The van der Waals surface area contributed by atoms with E-state index >= 15 is 0 Å². The number of nitrogens with two attached hydrogens (primary N) is 2. The Morgan fingerprint density at radius 1 is 1.30 bits per heavy atom. The number of hydrogen-bond acceptors (Lipinski definition) is 4. The minimum absolute atomic E-state index is 0.0521. The molecule has 0 spiro atoms. The van der Waals surface area contributed by atoms with Crippen molar-refractivity contribution in [2.45, 2.75) is 50.0 Å². The van der Waals surface area contributed by atoms with Gasteiger partial charge in [0.15, 0.2) is 0 Å². The molecule has 1 saturated carbocycles. The zero-order valence-electron chi connectivity index (χ0n) is 11.8. The maximum atomic E-state index is 11.3. The van der Waals surface area contributed by atoms with Gasteiger partial charge in [-0.05, 0) is 37.0 Å². The number of hydrogen-bond donors (Lipinski definition) is 3. The molecule has 20 heavy (non-hydrogen) atoms. The van der Waals surface area contributed by atoms with E-state index in [9.17, 15) is 8.42 Å². The van der Waals surface area contributed by atoms with Crippen molar-refractivity contribution in [3.8, 4) is 0 Å². The Morgan fingerprint density at radius 2 is 2.00 bits per heavy atom. The summed E-state index contributed by atoms with van der Waals surface area (Å²) >= 11 is 0. The van der Waals surface area contributed by atoms with E-state index in [0.717, 1.165) is 18.5 Å². The molecule has 6 heteroatoms. The molecule has 0 radical (unpaired) electrons. The third kappa shape index (κ3) is 3.43. The summed E-state index contributed by atoms with van der Waals surface area (Å²) in [4.78, 5) is 0.0521. The Hall–Kier alpha value is -1.27. The van der Waals surface area contributed by atoms with E-state index in [1.54, 1.807) is 6.07 Å². The average molecular weight is 297 g/mol. The summed E-state index contributed by atoms with van der Waals surface area (Å²) in [5.74, 6) is 0.654. The first-order valence-electron chi connectivity index (χ1n) is 7.10. The average Bonchev–Trinajstić information content (AvgIpc) is 2.40. The number of nitrogen functional groups attached to an aromatic ring is 1. The predicted molar refractivity (Wildman–Crippen MR) is 81.9 cm³/mol. The van der Waals surface area contributed by atoms with Crippen LogP contribution in [0.5, 0.6) is 0 Å². The Morgan fingerprint density at radius 3 is 2.60 bits per heavy atom. The van der Waals surface area contributed by atoms with Gasteiger partial charge in [0.2, 0.25) is 10.0 Å². The number of primary sulfonamides is 1. The molecule has 1 aliphatic carbocycles. The van der Waals surface area contributed by atoms with E-state index in [1.165, 1.54) is 31.4 Å². The molecule has 1 aromatic rings. The molecule has 2 atom stereocenters. The molecular weight excluding hydrogens is 274 g/mol. The number of benzene rings is 1. The van der Waals surface area contributed by atoms with Crippen LogP contribution >= 0.6 is 0 Å². The van der Waals surface area contributed by atoms with Crippen LogP contribution in [0.15, 0.2) is 23.1 Å². The van der Waals surface area contributed by atoms with Crippen molar-refractivity contribution in [3.63, 3.8) is 0 Å². The molecule has 112 valence electrons. The molecule has 1 aromatic carbocycles. The van der Waals surface area contributed by atoms with Gasteiger partial charge in [-0.15, -0.1) is 0 Å². The largest absolute Gasteiger partial charge is 0.397 e. The van der Waals surface area contributed by atoms with Crippen LogP contribution in [0.4, 0.5) is 11.4 Å². The van der Waals surface area contributed by atoms with Crippen molar-refractivity contribution in [2.24, 2.45) is 11.1 Å². The van der Waals surface area contributed by atoms with Crippen LogP contribution in [-0.2, 0) is 10.0 Å². The van der Waals surface area contributed by atoms with Gasteiger partial charge in [-0.25, -0.2) is 13.6 Å². The van der Waals surface area contributed by atoms with Crippen LogP contribution < -0.4 is 16.2 Å². The van der Waals surface area contributed by atoms with Crippen LogP contribution in [0.25, 0.3) is 0 Å². The lowest BCUT2D eigenvalue weighted by atomic mass is 9.83. The molecule has 0 amide bonds. The fourth-order valence-electron chi connectivity index (χ4n) is 2.94. The maximum absolute atomic E-state index is 11.3. The van der Waals surface area contributed by atoms with E-state index in [4.69, 9.17) is 10.9 Å². The van der Waals surface area contributed by atoms with Gasteiger partial charge in [-0.2, -0.15) is 0 Å². The lowest BCUT2D eigenvalue weighted by Crippen LogP contribution is -2.32. The highest BCUT2D eigenvalue weighted by atomic mass is 32.2. The summed E-state index contributed by atoms with van der Waals surface area (Å²) in [5.41, 5.74) is 7.16. The lowest BCUT2D eigenvalue weighted by molar-refractivity contribution is 0.317. The van der Waals surface area contributed by atoms with Crippen molar-refractivity contribution in [1.82, 2.24) is 0 Å². The van der Waals surface area contributed by atoms with E-state index in [1.807, 2.05) is 0 Å². The standard InChI is InChI=1S/C14H23N3O2S/c1-2-10-5-3-4-6-13(10)17-14-8-7-11(9-12(14)15)20(16,18)19/h7-10,13,17H,2-6,15H2,1H3,(H2,16,18,19). The second-order valence-corrected chi connectivity index (χ2v) is 7.06. The third-order valence-corrected chi connectivity index (χ3v) is 5.04. The van der Waals surface area contributed by atoms with Gasteiger partial charge in [0.1, 0.15) is 0 Å². The molecule has 0 heterocycles. The van der Waals surface area contributed by atoms with Crippen LogP contribution in [0.2, 0.25) is 0 Å². The molecule has 0 saturated heterocycles. The zero-order valence-corrected chi connectivity index (χ0v) is 12.6. The van der Waals surface area contributed by atoms with Gasteiger partial charge in [0.25, 0.3) is 0 Å². The molecular formula is C14H23N3O2S. The van der Waals surface area contributed by atoms with Crippen molar-refractivity contribution < 1.29 is 8.42 Å². The maximum Gasteiger partial charge on any atom is 0.238 e. The summed E-state index contributed by atoms with van der Waals surface area (Å²) in [6, 6.07) is 5.03. The summed E-state index contributed by atoms with van der Waals surface area (Å²) in [6.45, 7) is 2.21. The minimum Gasteiger partial charge on any atom is -0.397 e. The molecule has 1 aliphatic rings. The highest BCUT2D eigenvalue weighted by Crippen LogP contribution is 2.31. The summed E-state index contributed by atoms with van der Waals surface area (Å²) in [5, 5.41) is 8.57. The molecule has 0 aliphatic heterocycles. The Balaban J connectivity index is 2.17. The Bertz CT molecular complexity index is 572. The van der Waals surface area contributed by atoms with Gasteiger partial charge in [0.05, 0.1) is 16.3 Å². The Kier molecular flexibility index (Phi) is 4.55. The van der Waals surface area contributed by atoms with Crippen LogP contribution in [0.1, 0.15) is 39.0 Å². The number of sulfonamides is 1. The monoisotopic (exact) mass is 297 g/mol. The molecule has 5 N–H and O–H groups in total. The first kappa shape index (κ1) is 15.1. The Labute approximate surface area is 120 Å². The molecule has 2 unspecified atom stereocenters. The van der Waals surface area contributed by atoms with Gasteiger partial charge in [-0.1, -0.05) is 26.2 Å². The van der Waals surface area contributed by atoms with Gasteiger partial charge < -0.3 is 11.1 Å².